The molecule has 1 aliphatic rings. The third-order valence-corrected chi connectivity index (χ3v) is 3.71. The van der Waals surface area contributed by atoms with Gasteiger partial charge >= 0.3 is 0 Å². The molecule has 110 valence electrons. The summed E-state index contributed by atoms with van der Waals surface area (Å²) < 4.78 is 0. The highest BCUT2D eigenvalue weighted by atomic mass is 16.2. The largest absolute Gasteiger partial charge is 0.338 e. The molecule has 0 saturated heterocycles. The summed E-state index contributed by atoms with van der Waals surface area (Å²) in [7, 11) is 1.77. The van der Waals surface area contributed by atoms with Gasteiger partial charge in [0.2, 0.25) is 5.95 Å². The number of hydrogen-bond donors (Lipinski definition) is 1. The second-order valence-corrected chi connectivity index (χ2v) is 5.09. The highest BCUT2D eigenvalue weighted by Gasteiger charge is 2.24. The first-order valence-corrected chi connectivity index (χ1v) is 7.13. The summed E-state index contributed by atoms with van der Waals surface area (Å²) in [6, 6.07) is 3.87. The van der Waals surface area contributed by atoms with E-state index in [1.165, 1.54) is 12.6 Å². The SMILES string of the molecule is CN(C(=O)/C(C#N)=C\Nc1ncccn1)C1CCCCC1. The van der Waals surface area contributed by atoms with Crippen LogP contribution in [-0.4, -0.2) is 33.9 Å². The average Bonchev–Trinajstić information content (AvgIpc) is 2.56. The van der Waals surface area contributed by atoms with Gasteiger partial charge in [-0.2, -0.15) is 5.26 Å². The molecular formula is C15H19N5O. The fourth-order valence-electron chi connectivity index (χ4n) is 2.48. The van der Waals surface area contributed by atoms with E-state index in [2.05, 4.69) is 15.3 Å². The molecule has 21 heavy (non-hydrogen) atoms. The topological polar surface area (TPSA) is 81.9 Å². The van der Waals surface area contributed by atoms with E-state index >= 15 is 0 Å². The lowest BCUT2D eigenvalue weighted by Gasteiger charge is -2.31. The van der Waals surface area contributed by atoms with Gasteiger partial charge in [-0.3, -0.25) is 4.79 Å². The fourth-order valence-corrected chi connectivity index (χ4v) is 2.48. The van der Waals surface area contributed by atoms with Crippen LogP contribution >= 0.6 is 0 Å². The molecule has 1 saturated carbocycles. The number of nitrogens with one attached hydrogen (secondary N) is 1. The molecule has 1 aliphatic carbocycles. The Morgan fingerprint density at radius 3 is 2.67 bits per heavy atom. The van der Waals surface area contributed by atoms with Crippen LogP contribution in [0.15, 0.2) is 30.2 Å². The Balaban J connectivity index is 2.02. The van der Waals surface area contributed by atoms with Crippen LogP contribution in [0.3, 0.4) is 0 Å². The molecule has 1 fully saturated rings. The normalized spacial score (nSPS) is 16.1. The van der Waals surface area contributed by atoms with Crippen molar-refractivity contribution in [3.05, 3.63) is 30.2 Å². The van der Waals surface area contributed by atoms with Crippen molar-refractivity contribution in [2.75, 3.05) is 12.4 Å². The van der Waals surface area contributed by atoms with Crippen molar-refractivity contribution in [1.82, 2.24) is 14.9 Å². The molecule has 2 rings (SSSR count). The minimum atomic E-state index is -0.257. The third-order valence-electron chi connectivity index (χ3n) is 3.71. The second-order valence-electron chi connectivity index (χ2n) is 5.09. The first kappa shape index (κ1) is 15.0. The van der Waals surface area contributed by atoms with Gasteiger partial charge in [-0.1, -0.05) is 19.3 Å². The second kappa shape index (κ2) is 7.39. The molecule has 0 radical (unpaired) electrons. The molecule has 0 aromatic carbocycles. The highest BCUT2D eigenvalue weighted by Crippen LogP contribution is 2.22. The summed E-state index contributed by atoms with van der Waals surface area (Å²) in [6.07, 6.45) is 10.1. The number of hydrogen-bond acceptors (Lipinski definition) is 5. The van der Waals surface area contributed by atoms with Crippen LogP contribution in [0.5, 0.6) is 0 Å². The average molecular weight is 285 g/mol. The summed E-state index contributed by atoms with van der Waals surface area (Å²) in [6.45, 7) is 0. The molecule has 0 bridgehead atoms. The van der Waals surface area contributed by atoms with E-state index in [0.717, 1.165) is 25.7 Å². The van der Waals surface area contributed by atoms with Crippen LogP contribution in [0, 0.1) is 11.3 Å². The number of nitrogens with zero attached hydrogens (tertiary/aromatic N) is 4. The number of anilines is 1. The van der Waals surface area contributed by atoms with E-state index in [9.17, 15) is 10.1 Å². The molecule has 6 nitrogen and oxygen atoms in total. The monoisotopic (exact) mass is 285 g/mol. The lowest BCUT2D eigenvalue weighted by atomic mass is 9.94. The lowest BCUT2D eigenvalue weighted by molar-refractivity contribution is -0.128. The Morgan fingerprint density at radius 1 is 1.38 bits per heavy atom. The van der Waals surface area contributed by atoms with Crippen molar-refractivity contribution >= 4 is 11.9 Å². The highest BCUT2D eigenvalue weighted by molar-refractivity contribution is 5.97. The molecular weight excluding hydrogens is 266 g/mol. The molecule has 0 atom stereocenters. The number of rotatable bonds is 4. The van der Waals surface area contributed by atoms with Crippen molar-refractivity contribution in [2.45, 2.75) is 38.1 Å². The lowest BCUT2D eigenvalue weighted by Crippen LogP contribution is -2.39. The maximum atomic E-state index is 12.3. The Kier molecular flexibility index (Phi) is 5.27. The number of nitriles is 1. The first-order valence-electron chi connectivity index (χ1n) is 7.13. The van der Waals surface area contributed by atoms with Gasteiger partial charge in [0.1, 0.15) is 11.6 Å². The molecule has 6 heteroatoms. The zero-order valence-electron chi connectivity index (χ0n) is 12.1. The number of carbonyl (C=O) groups excluding carboxylic acids is 1. The maximum absolute atomic E-state index is 12.3. The van der Waals surface area contributed by atoms with Crippen molar-refractivity contribution < 1.29 is 4.79 Å². The van der Waals surface area contributed by atoms with Crippen LogP contribution in [-0.2, 0) is 4.79 Å². The van der Waals surface area contributed by atoms with Crippen LogP contribution in [0.25, 0.3) is 0 Å². The zero-order chi connectivity index (χ0) is 15.1. The number of likely N-dealkylation sites (N-methyl/N-ethyl adjacent to an activating group) is 1. The molecule has 0 aliphatic heterocycles. The van der Waals surface area contributed by atoms with Gasteiger partial charge in [-0.25, -0.2) is 9.97 Å². The van der Waals surface area contributed by atoms with Crippen molar-refractivity contribution in [2.24, 2.45) is 0 Å². The Bertz CT molecular complexity index is 543. The molecule has 1 heterocycles. The summed E-state index contributed by atoms with van der Waals surface area (Å²) in [5, 5.41) is 12.0. The van der Waals surface area contributed by atoms with Gasteiger partial charge in [0, 0.05) is 31.7 Å². The van der Waals surface area contributed by atoms with Gasteiger partial charge in [-0.15, -0.1) is 0 Å². The number of carbonyl (C=O) groups is 1. The smallest absolute Gasteiger partial charge is 0.266 e. The van der Waals surface area contributed by atoms with Gasteiger partial charge in [0.25, 0.3) is 5.91 Å². The maximum Gasteiger partial charge on any atom is 0.266 e. The van der Waals surface area contributed by atoms with Crippen molar-refractivity contribution in [1.29, 1.82) is 5.26 Å². The van der Waals surface area contributed by atoms with Crippen molar-refractivity contribution in [3.63, 3.8) is 0 Å². The minimum Gasteiger partial charge on any atom is -0.338 e. The van der Waals surface area contributed by atoms with Gasteiger partial charge < -0.3 is 10.2 Å². The number of amides is 1. The summed E-state index contributed by atoms with van der Waals surface area (Å²) >= 11 is 0. The predicted molar refractivity (Wildman–Crippen MR) is 79.0 cm³/mol. The van der Waals surface area contributed by atoms with E-state index in [4.69, 9.17) is 0 Å². The molecule has 1 amide bonds. The van der Waals surface area contributed by atoms with Gasteiger partial charge in [-0.05, 0) is 18.9 Å². The predicted octanol–water partition coefficient (Wildman–Crippen LogP) is 2.09. The summed E-state index contributed by atoms with van der Waals surface area (Å²) in [5.41, 5.74) is 0.0653. The van der Waals surface area contributed by atoms with Crippen LogP contribution < -0.4 is 5.32 Å². The van der Waals surface area contributed by atoms with Crippen LogP contribution in [0.1, 0.15) is 32.1 Å². The molecule has 1 N–H and O–H groups in total. The van der Waals surface area contributed by atoms with Crippen LogP contribution in [0.4, 0.5) is 5.95 Å². The number of aromatic nitrogens is 2. The van der Waals surface area contributed by atoms with E-state index in [1.807, 2.05) is 6.07 Å². The summed E-state index contributed by atoms with van der Waals surface area (Å²) in [5.74, 6) is 0.103. The van der Waals surface area contributed by atoms with Crippen LogP contribution in [0.2, 0.25) is 0 Å². The van der Waals surface area contributed by atoms with E-state index < -0.39 is 0 Å². The fraction of sp³-hybridized carbons (Fsp3) is 0.467. The molecule has 0 unspecified atom stereocenters. The van der Waals surface area contributed by atoms with Gasteiger partial charge in [0.15, 0.2) is 0 Å². The molecule has 1 aromatic heterocycles. The van der Waals surface area contributed by atoms with Crippen molar-refractivity contribution in [3.8, 4) is 6.07 Å². The van der Waals surface area contributed by atoms with E-state index in [0.29, 0.717) is 5.95 Å². The standard InChI is InChI=1S/C15H19N5O/c1-20(13-6-3-2-4-7-13)14(21)12(10-16)11-19-15-17-8-5-9-18-15/h5,8-9,11,13H,2-4,6-7H2,1H3,(H,17,18,19)/b12-11-. The third kappa shape index (κ3) is 4.02. The molecule has 1 aromatic rings. The molecule has 0 spiro atoms. The Labute approximate surface area is 124 Å². The first-order chi connectivity index (χ1) is 10.2. The Morgan fingerprint density at radius 2 is 2.05 bits per heavy atom. The Hall–Kier alpha value is -2.42. The van der Waals surface area contributed by atoms with E-state index in [-0.39, 0.29) is 17.5 Å². The minimum absolute atomic E-state index is 0.0653. The van der Waals surface area contributed by atoms with Gasteiger partial charge in [0.05, 0.1) is 0 Å². The van der Waals surface area contributed by atoms with E-state index in [1.54, 1.807) is 30.4 Å². The quantitative estimate of drug-likeness (QED) is 0.676. The summed E-state index contributed by atoms with van der Waals surface area (Å²) in [4.78, 5) is 22.0. The zero-order valence-corrected chi connectivity index (χ0v) is 12.1.